The number of aliphatic hydroxyl groups excluding tert-OH is 1. The molecule has 4 heteroatoms. The molecule has 142 valence electrons. The molecule has 0 saturated heterocycles. The summed E-state index contributed by atoms with van der Waals surface area (Å²) in [5.41, 5.74) is 6.16. The van der Waals surface area contributed by atoms with Gasteiger partial charge in [-0.05, 0) is 42.3 Å². The number of aromatic nitrogens is 2. The minimum Gasteiger partial charge on any atom is -0.387 e. The van der Waals surface area contributed by atoms with Crippen LogP contribution in [-0.4, -0.2) is 32.6 Å². The van der Waals surface area contributed by atoms with Crippen LogP contribution in [0, 0.1) is 6.92 Å². The molecule has 1 N–H and O–H groups in total. The maximum atomic E-state index is 10.8. The summed E-state index contributed by atoms with van der Waals surface area (Å²) in [6.07, 6.45) is 5.91. The summed E-state index contributed by atoms with van der Waals surface area (Å²) in [6.45, 7) is 9.47. The molecule has 0 bridgehead atoms. The van der Waals surface area contributed by atoms with Gasteiger partial charge in [0.1, 0.15) is 0 Å². The van der Waals surface area contributed by atoms with Gasteiger partial charge in [0.05, 0.1) is 12.6 Å². The number of aliphatic hydroxyl groups is 1. The van der Waals surface area contributed by atoms with Crippen LogP contribution in [-0.2, 0) is 19.5 Å². The van der Waals surface area contributed by atoms with Crippen molar-refractivity contribution in [3.8, 4) is 0 Å². The molecule has 0 radical (unpaired) electrons. The van der Waals surface area contributed by atoms with Gasteiger partial charge < -0.3 is 9.67 Å². The third-order valence-electron chi connectivity index (χ3n) is 5.32. The molecule has 27 heavy (non-hydrogen) atoms. The number of nitrogens with zero attached hydrogens (tertiary/aromatic N) is 3. The average Bonchev–Trinajstić information content (AvgIpc) is 2.95. The van der Waals surface area contributed by atoms with E-state index in [0.29, 0.717) is 6.54 Å². The Balaban J connectivity index is 0.00000210. The number of fused-ring (bicyclic) bond motifs is 3. The van der Waals surface area contributed by atoms with E-state index < -0.39 is 6.10 Å². The smallest absolute Gasteiger partial charge is 0.0970 e. The minimum atomic E-state index is -0.537. The zero-order valence-electron chi connectivity index (χ0n) is 15.2. The SMILES string of the molecule is C.C=CCN1CCc2c(c3cc(C)ccc3n2CC(O)c2ccncc2)C1. The molecule has 0 saturated carbocycles. The summed E-state index contributed by atoms with van der Waals surface area (Å²) in [6, 6.07) is 10.4. The molecule has 3 heterocycles. The molecule has 4 nitrogen and oxygen atoms in total. The molecule has 3 aromatic rings. The predicted octanol–water partition coefficient (Wildman–Crippen LogP) is 4.26. The number of hydrogen-bond acceptors (Lipinski definition) is 3. The van der Waals surface area contributed by atoms with Gasteiger partial charge in [-0.2, -0.15) is 0 Å². The molecule has 1 atom stereocenters. The molecule has 0 amide bonds. The summed E-state index contributed by atoms with van der Waals surface area (Å²) in [5, 5.41) is 12.1. The molecule has 4 rings (SSSR count). The second kappa shape index (κ2) is 8.07. The van der Waals surface area contributed by atoms with Crippen molar-refractivity contribution in [2.75, 3.05) is 13.1 Å². The Morgan fingerprint density at radius 1 is 1.26 bits per heavy atom. The van der Waals surface area contributed by atoms with Crippen molar-refractivity contribution < 1.29 is 5.11 Å². The highest BCUT2D eigenvalue weighted by Crippen LogP contribution is 2.33. The number of aryl methyl sites for hydroxylation is 1. The second-order valence-corrected chi connectivity index (χ2v) is 7.13. The first-order valence-corrected chi connectivity index (χ1v) is 9.19. The Kier molecular flexibility index (Phi) is 5.78. The van der Waals surface area contributed by atoms with E-state index in [1.807, 2.05) is 18.2 Å². The molecule has 1 aliphatic heterocycles. The predicted molar refractivity (Wildman–Crippen MR) is 112 cm³/mol. The van der Waals surface area contributed by atoms with E-state index in [9.17, 15) is 5.11 Å². The number of hydrogen-bond donors (Lipinski definition) is 1. The molecule has 0 spiro atoms. The summed E-state index contributed by atoms with van der Waals surface area (Å²) in [7, 11) is 0. The maximum Gasteiger partial charge on any atom is 0.0970 e. The topological polar surface area (TPSA) is 41.3 Å². The molecule has 2 aromatic heterocycles. The molecule has 1 aromatic carbocycles. The van der Waals surface area contributed by atoms with Crippen molar-refractivity contribution in [2.24, 2.45) is 0 Å². The fraction of sp³-hybridized carbons (Fsp3) is 0.348. The largest absolute Gasteiger partial charge is 0.387 e. The van der Waals surface area contributed by atoms with E-state index in [-0.39, 0.29) is 7.43 Å². The van der Waals surface area contributed by atoms with Crippen molar-refractivity contribution in [3.63, 3.8) is 0 Å². The van der Waals surface area contributed by atoms with E-state index in [4.69, 9.17) is 0 Å². The van der Waals surface area contributed by atoms with Gasteiger partial charge in [-0.25, -0.2) is 0 Å². The van der Waals surface area contributed by atoms with Crippen LogP contribution >= 0.6 is 0 Å². The Labute approximate surface area is 161 Å². The first-order chi connectivity index (χ1) is 12.7. The molecule has 0 fully saturated rings. The number of pyridine rings is 1. The Bertz CT molecular complexity index is 930. The second-order valence-electron chi connectivity index (χ2n) is 7.13. The van der Waals surface area contributed by atoms with Crippen LogP contribution in [0.1, 0.15) is 35.9 Å². The average molecular weight is 364 g/mol. The van der Waals surface area contributed by atoms with E-state index in [2.05, 4.69) is 46.2 Å². The highest BCUT2D eigenvalue weighted by molar-refractivity contribution is 5.86. The third-order valence-corrected chi connectivity index (χ3v) is 5.32. The third kappa shape index (κ3) is 3.68. The summed E-state index contributed by atoms with van der Waals surface area (Å²) >= 11 is 0. The van der Waals surface area contributed by atoms with E-state index >= 15 is 0 Å². The summed E-state index contributed by atoms with van der Waals surface area (Å²) in [4.78, 5) is 6.48. The van der Waals surface area contributed by atoms with Gasteiger partial charge in [-0.15, -0.1) is 6.58 Å². The van der Waals surface area contributed by atoms with Gasteiger partial charge in [-0.3, -0.25) is 9.88 Å². The minimum absolute atomic E-state index is 0. The van der Waals surface area contributed by atoms with E-state index in [0.717, 1.165) is 31.6 Å². The van der Waals surface area contributed by atoms with Crippen LogP contribution < -0.4 is 0 Å². The number of rotatable bonds is 5. The fourth-order valence-corrected chi connectivity index (χ4v) is 4.03. The van der Waals surface area contributed by atoms with Gasteiger partial charge in [0.25, 0.3) is 0 Å². The van der Waals surface area contributed by atoms with E-state index in [1.165, 1.54) is 27.7 Å². The van der Waals surface area contributed by atoms with Crippen molar-refractivity contribution in [2.45, 2.75) is 40.0 Å². The van der Waals surface area contributed by atoms with Crippen LogP contribution in [0.4, 0.5) is 0 Å². The van der Waals surface area contributed by atoms with E-state index in [1.54, 1.807) is 12.4 Å². The van der Waals surface area contributed by atoms with Crippen LogP contribution in [0.15, 0.2) is 55.4 Å². The zero-order chi connectivity index (χ0) is 18.1. The molecular formula is C23H29N3O. The van der Waals surface area contributed by atoms with Gasteiger partial charge >= 0.3 is 0 Å². The lowest BCUT2D eigenvalue weighted by molar-refractivity contribution is 0.156. The van der Waals surface area contributed by atoms with Gasteiger partial charge in [-0.1, -0.05) is 25.1 Å². The van der Waals surface area contributed by atoms with Crippen LogP contribution in [0.5, 0.6) is 0 Å². The monoisotopic (exact) mass is 363 g/mol. The highest BCUT2D eigenvalue weighted by atomic mass is 16.3. The Hall–Kier alpha value is -2.43. The summed E-state index contributed by atoms with van der Waals surface area (Å²) < 4.78 is 2.32. The standard InChI is InChI=1S/C22H25N3O.CH4/c1-3-11-24-12-8-21-19(14-24)18-13-16(2)4-5-20(18)25(21)15-22(26)17-6-9-23-10-7-17;/h3-7,9-10,13,22,26H,1,8,11-12,14-15H2,2H3;1H4. The van der Waals surface area contributed by atoms with Crippen molar-refractivity contribution in [3.05, 3.63) is 77.8 Å². The van der Waals surface area contributed by atoms with Gasteiger partial charge in [0, 0.05) is 55.0 Å². The fourth-order valence-electron chi connectivity index (χ4n) is 4.03. The van der Waals surface area contributed by atoms with Crippen LogP contribution in [0.25, 0.3) is 10.9 Å². The van der Waals surface area contributed by atoms with Crippen LogP contribution in [0.2, 0.25) is 0 Å². The lowest BCUT2D eigenvalue weighted by Crippen LogP contribution is -2.31. The van der Waals surface area contributed by atoms with Gasteiger partial charge in [0.2, 0.25) is 0 Å². The molecule has 1 aliphatic rings. The lowest BCUT2D eigenvalue weighted by Gasteiger charge is -2.27. The normalized spacial score (nSPS) is 15.2. The van der Waals surface area contributed by atoms with Gasteiger partial charge in [0.15, 0.2) is 0 Å². The first kappa shape index (κ1) is 19.3. The molecular weight excluding hydrogens is 334 g/mol. The Morgan fingerprint density at radius 2 is 2.04 bits per heavy atom. The maximum absolute atomic E-state index is 10.8. The molecule has 0 aliphatic carbocycles. The Morgan fingerprint density at radius 3 is 2.78 bits per heavy atom. The van der Waals surface area contributed by atoms with Crippen molar-refractivity contribution in [1.82, 2.24) is 14.5 Å². The van der Waals surface area contributed by atoms with Crippen molar-refractivity contribution in [1.29, 1.82) is 0 Å². The number of benzene rings is 1. The first-order valence-electron chi connectivity index (χ1n) is 9.19. The lowest BCUT2D eigenvalue weighted by atomic mass is 10.0. The van der Waals surface area contributed by atoms with Crippen LogP contribution in [0.3, 0.4) is 0 Å². The molecule has 1 unspecified atom stereocenters. The van der Waals surface area contributed by atoms with Crippen molar-refractivity contribution >= 4 is 10.9 Å². The zero-order valence-corrected chi connectivity index (χ0v) is 15.2. The quantitative estimate of drug-likeness (QED) is 0.689. The summed E-state index contributed by atoms with van der Waals surface area (Å²) in [5.74, 6) is 0. The highest BCUT2D eigenvalue weighted by Gasteiger charge is 2.24.